The molecule has 2 nitrogen and oxygen atoms in total. The molecule has 0 heterocycles. The summed E-state index contributed by atoms with van der Waals surface area (Å²) in [6.45, 7) is 4.86. The van der Waals surface area contributed by atoms with Crippen molar-refractivity contribution in [2.45, 2.75) is 26.7 Å². The fourth-order valence-corrected chi connectivity index (χ4v) is 2.78. The van der Waals surface area contributed by atoms with Gasteiger partial charge in [0.15, 0.2) is 0 Å². The molecule has 0 bridgehead atoms. The molecule has 1 unspecified atom stereocenters. The Morgan fingerprint density at radius 1 is 1.44 bits per heavy atom. The first-order chi connectivity index (χ1) is 8.58. The zero-order chi connectivity index (χ0) is 13.5. The van der Waals surface area contributed by atoms with Crippen molar-refractivity contribution in [3.8, 4) is 0 Å². The zero-order valence-electron chi connectivity index (χ0n) is 10.8. The minimum atomic E-state index is 0.0156. The van der Waals surface area contributed by atoms with Crippen molar-refractivity contribution in [1.29, 1.82) is 0 Å². The third-order valence-electron chi connectivity index (χ3n) is 3.09. The van der Waals surface area contributed by atoms with Gasteiger partial charge in [-0.3, -0.25) is 4.79 Å². The van der Waals surface area contributed by atoms with Gasteiger partial charge >= 0.3 is 0 Å². The zero-order valence-corrected chi connectivity index (χ0v) is 14.0. The van der Waals surface area contributed by atoms with E-state index in [1.807, 2.05) is 25.1 Å². The van der Waals surface area contributed by atoms with Gasteiger partial charge in [0.1, 0.15) is 0 Å². The highest BCUT2D eigenvalue weighted by Gasteiger charge is 2.11. The van der Waals surface area contributed by atoms with Crippen LogP contribution in [0.25, 0.3) is 0 Å². The summed E-state index contributed by atoms with van der Waals surface area (Å²) < 4.78 is 0.936. The molecule has 0 spiro atoms. The molecule has 1 N–H and O–H groups in total. The van der Waals surface area contributed by atoms with Crippen LogP contribution in [0.1, 0.15) is 35.7 Å². The molecule has 1 rings (SSSR count). The number of halogens is 2. The van der Waals surface area contributed by atoms with Crippen molar-refractivity contribution in [2.24, 2.45) is 5.92 Å². The summed E-state index contributed by atoms with van der Waals surface area (Å²) in [4.78, 5) is 12.1. The number of alkyl halides is 1. The number of hydrogen-bond donors (Lipinski definition) is 1. The molecule has 4 heteroatoms. The largest absolute Gasteiger partial charge is 0.352 e. The van der Waals surface area contributed by atoms with Crippen LogP contribution in [0.4, 0.5) is 0 Å². The Morgan fingerprint density at radius 3 is 2.78 bits per heavy atom. The Kier molecular flexibility index (Phi) is 6.94. The Balaban J connectivity index is 2.62. The monoisotopic (exact) mass is 375 g/mol. The second-order valence-corrected chi connectivity index (χ2v) is 6.13. The Hall–Kier alpha value is -0.350. The second kappa shape index (κ2) is 7.95. The summed E-state index contributed by atoms with van der Waals surface area (Å²) in [5, 5.41) is 4.01. The van der Waals surface area contributed by atoms with E-state index in [4.69, 9.17) is 0 Å². The molecule has 1 amide bonds. The molecule has 0 fully saturated rings. The van der Waals surface area contributed by atoms with Gasteiger partial charge in [-0.15, -0.1) is 0 Å². The van der Waals surface area contributed by atoms with E-state index in [1.54, 1.807) is 0 Å². The predicted molar refractivity (Wildman–Crippen MR) is 83.4 cm³/mol. The van der Waals surface area contributed by atoms with Crippen LogP contribution in [0.15, 0.2) is 22.7 Å². The van der Waals surface area contributed by atoms with Crippen LogP contribution in [0.5, 0.6) is 0 Å². The van der Waals surface area contributed by atoms with Crippen LogP contribution in [-0.4, -0.2) is 17.8 Å². The molecule has 0 saturated heterocycles. The minimum absolute atomic E-state index is 0.0156. The third-order valence-corrected chi connectivity index (χ3v) is 4.04. The van der Waals surface area contributed by atoms with Crippen LogP contribution >= 0.6 is 31.9 Å². The van der Waals surface area contributed by atoms with E-state index in [0.29, 0.717) is 5.92 Å². The van der Waals surface area contributed by atoms with Gasteiger partial charge in [-0.1, -0.05) is 51.3 Å². The van der Waals surface area contributed by atoms with E-state index in [-0.39, 0.29) is 5.91 Å². The van der Waals surface area contributed by atoms with Crippen LogP contribution < -0.4 is 5.32 Å². The second-order valence-electron chi connectivity index (χ2n) is 4.42. The number of hydrogen-bond acceptors (Lipinski definition) is 1. The maximum atomic E-state index is 12.1. The smallest absolute Gasteiger partial charge is 0.251 e. The SMILES string of the molecule is CCC(CCBr)CNC(=O)c1cc(Br)ccc1C. The number of nitrogens with one attached hydrogen (secondary N) is 1. The number of amides is 1. The fourth-order valence-electron chi connectivity index (χ4n) is 1.78. The molecule has 0 aromatic heterocycles. The van der Waals surface area contributed by atoms with Crippen molar-refractivity contribution in [3.05, 3.63) is 33.8 Å². The summed E-state index contributed by atoms with van der Waals surface area (Å²) >= 11 is 6.84. The summed E-state index contributed by atoms with van der Waals surface area (Å²) in [5.74, 6) is 0.558. The van der Waals surface area contributed by atoms with E-state index in [2.05, 4.69) is 44.1 Å². The predicted octanol–water partition coefficient (Wildman–Crippen LogP) is 4.30. The van der Waals surface area contributed by atoms with Gasteiger partial charge in [0.05, 0.1) is 0 Å². The maximum Gasteiger partial charge on any atom is 0.251 e. The van der Waals surface area contributed by atoms with Crippen molar-refractivity contribution in [2.75, 3.05) is 11.9 Å². The molecule has 0 aliphatic heterocycles. The van der Waals surface area contributed by atoms with Crippen LogP contribution in [0.2, 0.25) is 0 Å². The van der Waals surface area contributed by atoms with Gasteiger partial charge in [0.25, 0.3) is 5.91 Å². The molecule has 0 radical (unpaired) electrons. The van der Waals surface area contributed by atoms with E-state index >= 15 is 0 Å². The first kappa shape index (κ1) is 15.7. The van der Waals surface area contributed by atoms with Crippen LogP contribution in [0, 0.1) is 12.8 Å². The summed E-state index contributed by atoms with van der Waals surface area (Å²) in [7, 11) is 0. The summed E-state index contributed by atoms with van der Waals surface area (Å²) in [6.07, 6.45) is 2.18. The molecule has 0 aliphatic carbocycles. The number of rotatable bonds is 6. The average Bonchev–Trinajstić information content (AvgIpc) is 2.37. The minimum Gasteiger partial charge on any atom is -0.352 e. The number of benzene rings is 1. The van der Waals surface area contributed by atoms with Gasteiger partial charge < -0.3 is 5.32 Å². The molecule has 0 saturated carbocycles. The van der Waals surface area contributed by atoms with E-state index in [9.17, 15) is 4.79 Å². The van der Waals surface area contributed by atoms with Gasteiger partial charge in [0, 0.05) is 21.9 Å². The topological polar surface area (TPSA) is 29.1 Å². The maximum absolute atomic E-state index is 12.1. The van der Waals surface area contributed by atoms with Crippen LogP contribution in [0.3, 0.4) is 0 Å². The highest BCUT2D eigenvalue weighted by Crippen LogP contribution is 2.16. The molecule has 100 valence electrons. The molecular formula is C14H19Br2NO. The van der Waals surface area contributed by atoms with Gasteiger partial charge in [-0.05, 0) is 37.0 Å². The molecule has 1 aromatic carbocycles. The third kappa shape index (κ3) is 4.73. The lowest BCUT2D eigenvalue weighted by Crippen LogP contribution is -2.29. The molecule has 1 atom stereocenters. The molecule has 0 aliphatic rings. The standard InChI is InChI=1S/C14H19Br2NO/c1-3-11(6-7-15)9-17-14(18)13-8-12(16)5-4-10(13)2/h4-5,8,11H,3,6-7,9H2,1-2H3,(H,17,18). The fraction of sp³-hybridized carbons (Fsp3) is 0.500. The Morgan fingerprint density at radius 2 is 2.17 bits per heavy atom. The summed E-state index contributed by atoms with van der Waals surface area (Å²) in [6, 6.07) is 5.77. The average molecular weight is 377 g/mol. The van der Waals surface area contributed by atoms with Gasteiger partial charge in [0.2, 0.25) is 0 Å². The van der Waals surface area contributed by atoms with E-state index < -0.39 is 0 Å². The molecular weight excluding hydrogens is 358 g/mol. The lowest BCUT2D eigenvalue weighted by atomic mass is 10.0. The number of carbonyl (C=O) groups is 1. The Labute approximate surface area is 126 Å². The number of aryl methyl sites for hydroxylation is 1. The van der Waals surface area contributed by atoms with Gasteiger partial charge in [-0.25, -0.2) is 0 Å². The molecule has 18 heavy (non-hydrogen) atoms. The quantitative estimate of drug-likeness (QED) is 0.737. The lowest BCUT2D eigenvalue weighted by molar-refractivity contribution is 0.0946. The lowest BCUT2D eigenvalue weighted by Gasteiger charge is -2.15. The van der Waals surface area contributed by atoms with Gasteiger partial charge in [-0.2, -0.15) is 0 Å². The Bertz CT molecular complexity index is 407. The number of carbonyl (C=O) groups excluding carboxylic acids is 1. The first-order valence-electron chi connectivity index (χ1n) is 6.18. The normalized spacial score (nSPS) is 12.2. The van der Waals surface area contributed by atoms with Crippen molar-refractivity contribution in [3.63, 3.8) is 0 Å². The van der Waals surface area contributed by atoms with E-state index in [0.717, 1.165) is 40.3 Å². The van der Waals surface area contributed by atoms with Crippen molar-refractivity contribution < 1.29 is 4.79 Å². The van der Waals surface area contributed by atoms with Crippen molar-refractivity contribution >= 4 is 37.8 Å². The van der Waals surface area contributed by atoms with E-state index in [1.165, 1.54) is 0 Å². The summed E-state index contributed by atoms with van der Waals surface area (Å²) in [5.41, 5.74) is 1.75. The first-order valence-corrected chi connectivity index (χ1v) is 8.10. The highest BCUT2D eigenvalue weighted by molar-refractivity contribution is 9.10. The molecule has 1 aromatic rings. The van der Waals surface area contributed by atoms with Crippen molar-refractivity contribution in [1.82, 2.24) is 5.32 Å². The van der Waals surface area contributed by atoms with Crippen LogP contribution in [-0.2, 0) is 0 Å². The highest BCUT2D eigenvalue weighted by atomic mass is 79.9.